The Hall–Kier alpha value is -1.57. The van der Waals surface area contributed by atoms with Crippen molar-refractivity contribution in [2.75, 3.05) is 0 Å². The molecule has 0 bridgehead atoms. The van der Waals surface area contributed by atoms with E-state index in [2.05, 4.69) is 11.8 Å². The molecule has 1 amide bonds. The molecule has 3 rings (SSSR count). The molecule has 2 heteroatoms. The van der Waals surface area contributed by atoms with E-state index < -0.39 is 0 Å². The molecule has 1 aliphatic carbocycles. The second-order valence-electron chi connectivity index (χ2n) is 6.53. The van der Waals surface area contributed by atoms with Gasteiger partial charge in [-0.25, -0.2) is 0 Å². The van der Waals surface area contributed by atoms with Crippen LogP contribution < -0.4 is 0 Å². The lowest BCUT2D eigenvalue weighted by atomic mass is 9.76. The Morgan fingerprint density at radius 1 is 1.10 bits per heavy atom. The smallest absolute Gasteiger partial charge is 0.247 e. The molecule has 0 radical (unpaired) electrons. The van der Waals surface area contributed by atoms with Crippen LogP contribution in [0.15, 0.2) is 36.4 Å². The highest BCUT2D eigenvalue weighted by Gasteiger charge is 2.38. The Morgan fingerprint density at radius 2 is 1.86 bits per heavy atom. The van der Waals surface area contributed by atoms with Gasteiger partial charge in [-0.2, -0.15) is 0 Å². The van der Waals surface area contributed by atoms with Gasteiger partial charge < -0.3 is 4.90 Å². The first-order valence-electron chi connectivity index (χ1n) is 8.31. The second kappa shape index (κ2) is 6.46. The fourth-order valence-corrected chi connectivity index (χ4v) is 4.01. The third-order valence-electron chi connectivity index (χ3n) is 5.13. The standard InChI is InChI=1S/C19H25NO/c1-15-11-13-17-9-5-6-10-18(17)20(15)19(21)14-12-16-7-3-2-4-8-16/h2-4,7-8,12,14-15,17-18H,5-6,9-11,13H2,1H3/b14-12+/t15-,17-,18-/m1/s1. The van der Waals surface area contributed by atoms with Crippen molar-refractivity contribution >= 4 is 12.0 Å². The average Bonchev–Trinajstić information content (AvgIpc) is 2.53. The maximum absolute atomic E-state index is 12.7. The van der Waals surface area contributed by atoms with Gasteiger partial charge in [-0.05, 0) is 50.2 Å². The molecule has 2 aliphatic rings. The SMILES string of the molecule is C[C@@H]1CC[C@H]2CCCC[C@H]2N1C(=O)/C=C/c1ccccc1. The minimum atomic E-state index is 0.197. The van der Waals surface area contributed by atoms with E-state index in [0.29, 0.717) is 12.1 Å². The minimum Gasteiger partial charge on any atom is -0.333 e. The number of fused-ring (bicyclic) bond motifs is 1. The van der Waals surface area contributed by atoms with E-state index in [-0.39, 0.29) is 5.91 Å². The molecule has 2 fully saturated rings. The molecule has 0 unspecified atom stereocenters. The van der Waals surface area contributed by atoms with E-state index in [1.807, 2.05) is 36.4 Å². The summed E-state index contributed by atoms with van der Waals surface area (Å²) in [7, 11) is 0. The number of rotatable bonds is 2. The van der Waals surface area contributed by atoms with Gasteiger partial charge in [0.1, 0.15) is 0 Å². The van der Waals surface area contributed by atoms with E-state index in [1.165, 1.54) is 32.1 Å². The Balaban J connectivity index is 1.73. The van der Waals surface area contributed by atoms with Crippen LogP contribution in [0.4, 0.5) is 0 Å². The molecule has 1 aliphatic heterocycles. The van der Waals surface area contributed by atoms with Crippen molar-refractivity contribution < 1.29 is 4.79 Å². The Kier molecular flexibility index (Phi) is 4.42. The van der Waals surface area contributed by atoms with Crippen molar-refractivity contribution in [3.05, 3.63) is 42.0 Å². The quantitative estimate of drug-likeness (QED) is 0.742. The highest BCUT2D eigenvalue weighted by Crippen LogP contribution is 2.37. The Bertz CT molecular complexity index is 508. The summed E-state index contributed by atoms with van der Waals surface area (Å²) in [6.45, 7) is 2.21. The molecule has 0 aromatic heterocycles. The van der Waals surface area contributed by atoms with Gasteiger partial charge in [0, 0.05) is 18.2 Å². The van der Waals surface area contributed by atoms with E-state index in [9.17, 15) is 4.79 Å². The number of hydrogen-bond donors (Lipinski definition) is 0. The van der Waals surface area contributed by atoms with Gasteiger partial charge in [0.2, 0.25) is 5.91 Å². The number of piperidine rings is 1. The van der Waals surface area contributed by atoms with Crippen LogP contribution in [0.1, 0.15) is 51.0 Å². The van der Waals surface area contributed by atoms with E-state index in [0.717, 1.165) is 17.9 Å². The van der Waals surface area contributed by atoms with Crippen molar-refractivity contribution in [1.29, 1.82) is 0 Å². The topological polar surface area (TPSA) is 20.3 Å². The fourth-order valence-electron chi connectivity index (χ4n) is 4.01. The lowest BCUT2D eigenvalue weighted by molar-refractivity contribution is -0.135. The van der Waals surface area contributed by atoms with E-state index in [4.69, 9.17) is 0 Å². The summed E-state index contributed by atoms with van der Waals surface area (Å²) in [6.07, 6.45) is 11.3. The predicted octanol–water partition coefficient (Wildman–Crippen LogP) is 4.27. The van der Waals surface area contributed by atoms with Crippen LogP contribution >= 0.6 is 0 Å². The summed E-state index contributed by atoms with van der Waals surface area (Å²) in [4.78, 5) is 14.8. The van der Waals surface area contributed by atoms with Crippen LogP contribution in [0.5, 0.6) is 0 Å². The zero-order chi connectivity index (χ0) is 14.7. The maximum atomic E-state index is 12.7. The molecule has 1 aromatic carbocycles. The second-order valence-corrected chi connectivity index (χ2v) is 6.53. The summed E-state index contributed by atoms with van der Waals surface area (Å²) in [5.74, 6) is 0.937. The first kappa shape index (κ1) is 14.4. The molecule has 1 saturated heterocycles. The largest absolute Gasteiger partial charge is 0.333 e. The van der Waals surface area contributed by atoms with Crippen molar-refractivity contribution in [1.82, 2.24) is 4.90 Å². The van der Waals surface area contributed by atoms with Crippen LogP contribution in [-0.2, 0) is 4.79 Å². The molecule has 112 valence electrons. The van der Waals surface area contributed by atoms with Gasteiger partial charge in [-0.3, -0.25) is 4.79 Å². The predicted molar refractivity (Wildman–Crippen MR) is 86.8 cm³/mol. The van der Waals surface area contributed by atoms with E-state index in [1.54, 1.807) is 6.08 Å². The number of hydrogen-bond acceptors (Lipinski definition) is 1. The normalized spacial score (nSPS) is 29.4. The first-order chi connectivity index (χ1) is 10.3. The van der Waals surface area contributed by atoms with Crippen molar-refractivity contribution in [3.8, 4) is 0 Å². The number of amides is 1. The monoisotopic (exact) mass is 283 g/mol. The first-order valence-corrected chi connectivity index (χ1v) is 8.31. The molecule has 21 heavy (non-hydrogen) atoms. The zero-order valence-corrected chi connectivity index (χ0v) is 12.9. The zero-order valence-electron chi connectivity index (χ0n) is 12.9. The molecule has 0 N–H and O–H groups in total. The van der Waals surface area contributed by atoms with Gasteiger partial charge in [0.05, 0.1) is 0 Å². The number of nitrogens with zero attached hydrogens (tertiary/aromatic N) is 1. The van der Waals surface area contributed by atoms with E-state index >= 15 is 0 Å². The summed E-state index contributed by atoms with van der Waals surface area (Å²) in [5, 5.41) is 0. The number of likely N-dealkylation sites (tertiary alicyclic amines) is 1. The average molecular weight is 283 g/mol. The van der Waals surface area contributed by atoms with Crippen LogP contribution in [0.3, 0.4) is 0 Å². The number of benzene rings is 1. The minimum absolute atomic E-state index is 0.197. The maximum Gasteiger partial charge on any atom is 0.247 e. The van der Waals surface area contributed by atoms with Gasteiger partial charge in [-0.15, -0.1) is 0 Å². The van der Waals surface area contributed by atoms with Gasteiger partial charge in [0.25, 0.3) is 0 Å². The van der Waals surface area contributed by atoms with Crippen LogP contribution in [0.2, 0.25) is 0 Å². The molecule has 1 aromatic rings. The fraction of sp³-hybridized carbons (Fsp3) is 0.526. The Morgan fingerprint density at radius 3 is 2.67 bits per heavy atom. The molecular formula is C19H25NO. The number of carbonyl (C=O) groups excluding carboxylic acids is 1. The van der Waals surface area contributed by atoms with Crippen LogP contribution in [0.25, 0.3) is 6.08 Å². The van der Waals surface area contributed by atoms with Crippen molar-refractivity contribution in [3.63, 3.8) is 0 Å². The summed E-state index contributed by atoms with van der Waals surface area (Å²) < 4.78 is 0. The lowest BCUT2D eigenvalue weighted by Crippen LogP contribution is -2.53. The molecule has 1 heterocycles. The summed E-state index contributed by atoms with van der Waals surface area (Å²) in [5.41, 5.74) is 1.09. The van der Waals surface area contributed by atoms with Crippen molar-refractivity contribution in [2.24, 2.45) is 5.92 Å². The number of carbonyl (C=O) groups is 1. The third-order valence-corrected chi connectivity index (χ3v) is 5.13. The molecule has 1 saturated carbocycles. The highest BCUT2D eigenvalue weighted by atomic mass is 16.2. The van der Waals surface area contributed by atoms with Crippen molar-refractivity contribution in [2.45, 2.75) is 57.5 Å². The van der Waals surface area contributed by atoms with Crippen LogP contribution in [0, 0.1) is 5.92 Å². The molecule has 3 atom stereocenters. The lowest BCUT2D eigenvalue weighted by Gasteiger charge is -2.47. The van der Waals surface area contributed by atoms with Gasteiger partial charge in [-0.1, -0.05) is 43.2 Å². The van der Waals surface area contributed by atoms with Gasteiger partial charge in [0.15, 0.2) is 0 Å². The molecular weight excluding hydrogens is 258 g/mol. The highest BCUT2D eigenvalue weighted by molar-refractivity contribution is 5.92. The molecule has 0 spiro atoms. The summed E-state index contributed by atoms with van der Waals surface area (Å²) in [6, 6.07) is 10.9. The molecule has 2 nitrogen and oxygen atoms in total. The third kappa shape index (κ3) is 3.20. The Labute approximate surface area is 127 Å². The summed E-state index contributed by atoms with van der Waals surface area (Å²) >= 11 is 0. The van der Waals surface area contributed by atoms with Crippen LogP contribution in [-0.4, -0.2) is 22.9 Å². The van der Waals surface area contributed by atoms with Gasteiger partial charge >= 0.3 is 0 Å².